The van der Waals surface area contributed by atoms with E-state index in [1.54, 1.807) is 0 Å². The molecular weight excluding hydrogens is 318 g/mol. The standard InChI is InChI=1S/C19H27N3O3/c23-15-11-16(18(24)20-13-7-3-1-4-8-13)22-17(12-15)19(25)21-14-9-5-2-6-10-14/h11-14H,1-10H2,(H,20,24)(H,21,25)(H,22,23). The van der Waals surface area contributed by atoms with Crippen LogP contribution in [-0.2, 0) is 0 Å². The van der Waals surface area contributed by atoms with Gasteiger partial charge in [0.05, 0.1) is 0 Å². The first-order chi connectivity index (χ1) is 12.1. The van der Waals surface area contributed by atoms with Gasteiger partial charge in [-0.3, -0.25) is 14.4 Å². The minimum Gasteiger partial charge on any atom is -0.348 e. The molecule has 0 bridgehead atoms. The van der Waals surface area contributed by atoms with Crippen LogP contribution in [0.5, 0.6) is 0 Å². The summed E-state index contributed by atoms with van der Waals surface area (Å²) in [4.78, 5) is 39.6. The minimum atomic E-state index is -0.332. The number of hydrogen-bond donors (Lipinski definition) is 3. The Hall–Kier alpha value is -2.11. The van der Waals surface area contributed by atoms with Crippen LogP contribution in [0.2, 0.25) is 0 Å². The zero-order valence-corrected chi connectivity index (χ0v) is 14.6. The Morgan fingerprint density at radius 1 is 0.760 bits per heavy atom. The summed E-state index contributed by atoms with van der Waals surface area (Å²) in [7, 11) is 0. The van der Waals surface area contributed by atoms with Crippen molar-refractivity contribution >= 4 is 11.8 Å². The Labute approximate surface area is 147 Å². The molecule has 2 fully saturated rings. The van der Waals surface area contributed by atoms with Gasteiger partial charge >= 0.3 is 0 Å². The Balaban J connectivity index is 1.67. The van der Waals surface area contributed by atoms with E-state index in [4.69, 9.17) is 0 Å². The lowest BCUT2D eigenvalue weighted by Crippen LogP contribution is -2.39. The molecule has 0 spiro atoms. The fraction of sp³-hybridized carbons (Fsp3) is 0.632. The van der Waals surface area contributed by atoms with E-state index in [1.807, 2.05) is 0 Å². The molecule has 3 rings (SSSR count). The fourth-order valence-corrected chi connectivity index (χ4v) is 3.81. The fourth-order valence-electron chi connectivity index (χ4n) is 3.81. The predicted octanol–water partition coefficient (Wildman–Crippen LogP) is 2.50. The number of carbonyl (C=O) groups is 2. The molecule has 6 nitrogen and oxygen atoms in total. The summed E-state index contributed by atoms with van der Waals surface area (Å²) < 4.78 is 0. The van der Waals surface area contributed by atoms with Gasteiger partial charge in [-0.2, -0.15) is 0 Å². The second kappa shape index (κ2) is 8.32. The molecular formula is C19H27N3O3. The Kier molecular flexibility index (Phi) is 5.89. The third-order valence-electron chi connectivity index (χ3n) is 5.21. The maximum absolute atomic E-state index is 12.4. The van der Waals surface area contributed by atoms with Gasteiger partial charge in [-0.15, -0.1) is 0 Å². The van der Waals surface area contributed by atoms with Crippen molar-refractivity contribution in [3.05, 3.63) is 33.7 Å². The quantitative estimate of drug-likeness (QED) is 0.783. The lowest BCUT2D eigenvalue weighted by Gasteiger charge is -2.23. The van der Waals surface area contributed by atoms with Crippen LogP contribution in [0.15, 0.2) is 16.9 Å². The molecule has 2 aliphatic rings. The van der Waals surface area contributed by atoms with Crippen LogP contribution < -0.4 is 16.1 Å². The molecule has 2 aliphatic carbocycles. The van der Waals surface area contributed by atoms with E-state index < -0.39 is 0 Å². The number of pyridine rings is 1. The van der Waals surface area contributed by atoms with Crippen LogP contribution in [0.1, 0.15) is 85.2 Å². The third kappa shape index (κ3) is 4.94. The van der Waals surface area contributed by atoms with Crippen LogP contribution in [-0.4, -0.2) is 28.9 Å². The van der Waals surface area contributed by atoms with E-state index in [0.717, 1.165) is 51.4 Å². The van der Waals surface area contributed by atoms with E-state index in [-0.39, 0.29) is 40.7 Å². The summed E-state index contributed by atoms with van der Waals surface area (Å²) in [5.74, 6) is -0.618. The summed E-state index contributed by atoms with van der Waals surface area (Å²) >= 11 is 0. The van der Waals surface area contributed by atoms with Crippen molar-refractivity contribution in [2.24, 2.45) is 0 Å². The summed E-state index contributed by atoms with van der Waals surface area (Å²) in [5, 5.41) is 5.94. The van der Waals surface area contributed by atoms with Gasteiger partial charge in [0, 0.05) is 24.2 Å². The van der Waals surface area contributed by atoms with Gasteiger partial charge in [0.2, 0.25) is 0 Å². The van der Waals surface area contributed by atoms with Gasteiger partial charge < -0.3 is 15.6 Å². The van der Waals surface area contributed by atoms with E-state index in [9.17, 15) is 14.4 Å². The molecule has 6 heteroatoms. The second-order valence-corrected chi connectivity index (χ2v) is 7.26. The molecule has 0 aliphatic heterocycles. The molecule has 0 unspecified atom stereocenters. The molecule has 2 saturated carbocycles. The highest BCUT2D eigenvalue weighted by molar-refractivity contribution is 5.96. The molecule has 1 aromatic rings. The van der Waals surface area contributed by atoms with Crippen molar-refractivity contribution in [3.63, 3.8) is 0 Å². The number of aromatic nitrogens is 1. The van der Waals surface area contributed by atoms with Crippen molar-refractivity contribution in [1.82, 2.24) is 15.6 Å². The first kappa shape index (κ1) is 17.7. The van der Waals surface area contributed by atoms with Crippen LogP contribution in [0.3, 0.4) is 0 Å². The van der Waals surface area contributed by atoms with E-state index in [1.165, 1.54) is 25.0 Å². The van der Waals surface area contributed by atoms with Crippen LogP contribution in [0.25, 0.3) is 0 Å². The maximum atomic E-state index is 12.4. The lowest BCUT2D eigenvalue weighted by atomic mass is 9.95. The lowest BCUT2D eigenvalue weighted by molar-refractivity contribution is 0.0918. The monoisotopic (exact) mass is 345 g/mol. The van der Waals surface area contributed by atoms with Gasteiger partial charge in [0.15, 0.2) is 5.43 Å². The van der Waals surface area contributed by atoms with Crippen molar-refractivity contribution in [1.29, 1.82) is 0 Å². The molecule has 1 aromatic heterocycles. The van der Waals surface area contributed by atoms with Crippen LogP contribution >= 0.6 is 0 Å². The first-order valence-corrected chi connectivity index (χ1v) is 9.48. The zero-order valence-electron chi connectivity index (χ0n) is 14.6. The molecule has 136 valence electrons. The Bertz CT molecular complexity index is 617. The van der Waals surface area contributed by atoms with E-state index >= 15 is 0 Å². The summed E-state index contributed by atoms with van der Waals surface area (Å²) in [6.07, 6.45) is 10.8. The number of nitrogens with one attached hydrogen (secondary N) is 3. The van der Waals surface area contributed by atoms with Crippen molar-refractivity contribution in [3.8, 4) is 0 Å². The van der Waals surface area contributed by atoms with Crippen molar-refractivity contribution in [2.75, 3.05) is 0 Å². The molecule has 3 N–H and O–H groups in total. The average molecular weight is 345 g/mol. The smallest absolute Gasteiger partial charge is 0.268 e. The average Bonchev–Trinajstić information content (AvgIpc) is 2.63. The SMILES string of the molecule is O=C(NC1CCCCC1)c1cc(=O)cc(C(=O)NC2CCCCC2)[nH]1. The van der Waals surface area contributed by atoms with Crippen molar-refractivity contribution in [2.45, 2.75) is 76.3 Å². The number of hydrogen-bond acceptors (Lipinski definition) is 3. The Morgan fingerprint density at radius 3 is 1.56 bits per heavy atom. The van der Waals surface area contributed by atoms with Crippen molar-refractivity contribution < 1.29 is 9.59 Å². The Morgan fingerprint density at radius 2 is 1.16 bits per heavy atom. The number of amides is 2. The summed E-state index contributed by atoms with van der Waals surface area (Å²) in [5.41, 5.74) is -0.0138. The van der Waals surface area contributed by atoms with Crippen LogP contribution in [0, 0.1) is 0 Å². The highest BCUT2D eigenvalue weighted by Gasteiger charge is 2.20. The minimum absolute atomic E-state index is 0.157. The summed E-state index contributed by atoms with van der Waals surface area (Å²) in [6, 6.07) is 2.83. The molecule has 25 heavy (non-hydrogen) atoms. The number of rotatable bonds is 4. The molecule has 0 aromatic carbocycles. The van der Waals surface area contributed by atoms with Gasteiger partial charge in [-0.1, -0.05) is 38.5 Å². The maximum Gasteiger partial charge on any atom is 0.268 e. The van der Waals surface area contributed by atoms with Gasteiger partial charge in [0.25, 0.3) is 11.8 Å². The number of H-pyrrole nitrogens is 1. The molecule has 1 heterocycles. The van der Waals surface area contributed by atoms with E-state index in [0.29, 0.717) is 0 Å². The highest BCUT2D eigenvalue weighted by atomic mass is 16.2. The van der Waals surface area contributed by atoms with Gasteiger partial charge in [-0.25, -0.2) is 0 Å². The van der Waals surface area contributed by atoms with Crippen LogP contribution in [0.4, 0.5) is 0 Å². The molecule has 2 amide bonds. The number of aromatic amines is 1. The summed E-state index contributed by atoms with van der Waals surface area (Å²) in [6.45, 7) is 0. The highest BCUT2D eigenvalue weighted by Crippen LogP contribution is 2.18. The molecule has 0 atom stereocenters. The molecule has 0 saturated heterocycles. The van der Waals surface area contributed by atoms with E-state index in [2.05, 4.69) is 15.6 Å². The second-order valence-electron chi connectivity index (χ2n) is 7.26. The molecule has 0 radical (unpaired) electrons. The topological polar surface area (TPSA) is 91.1 Å². The van der Waals surface area contributed by atoms with Gasteiger partial charge in [0.1, 0.15) is 11.4 Å². The first-order valence-electron chi connectivity index (χ1n) is 9.48. The normalized spacial score (nSPS) is 19.4. The van der Waals surface area contributed by atoms with Gasteiger partial charge in [-0.05, 0) is 25.7 Å². The zero-order chi connectivity index (χ0) is 17.6. The third-order valence-corrected chi connectivity index (χ3v) is 5.21. The predicted molar refractivity (Wildman–Crippen MR) is 95.7 cm³/mol. The largest absolute Gasteiger partial charge is 0.348 e. The number of carbonyl (C=O) groups excluding carboxylic acids is 2.